The van der Waals surface area contributed by atoms with Crippen molar-refractivity contribution in [3.63, 3.8) is 0 Å². The van der Waals surface area contributed by atoms with Crippen LogP contribution in [-0.4, -0.2) is 4.98 Å². The zero-order chi connectivity index (χ0) is 13.2. The highest BCUT2D eigenvalue weighted by molar-refractivity contribution is 9.10. The third-order valence-electron chi connectivity index (χ3n) is 2.76. The number of pyridine rings is 1. The molecule has 0 amide bonds. The Morgan fingerprint density at radius 3 is 3.00 bits per heavy atom. The number of nitrogens with zero attached hydrogens (tertiary/aromatic N) is 1. The third kappa shape index (κ3) is 2.62. The van der Waals surface area contributed by atoms with Gasteiger partial charge in [-0.25, -0.2) is 0 Å². The number of hydrogen-bond acceptors (Lipinski definition) is 4. The first-order chi connectivity index (χ1) is 9.24. The topological polar surface area (TPSA) is 52.0 Å². The summed E-state index contributed by atoms with van der Waals surface area (Å²) in [4.78, 5) is 5.57. The average molecular weight is 335 g/mol. The minimum Gasteiger partial charge on any atom is -0.468 e. The molecule has 0 aliphatic carbocycles. The van der Waals surface area contributed by atoms with Gasteiger partial charge in [-0.05, 0) is 46.3 Å². The fourth-order valence-corrected chi connectivity index (χ4v) is 3.11. The molecule has 0 fully saturated rings. The van der Waals surface area contributed by atoms with Crippen LogP contribution >= 0.6 is 27.7 Å². The second-order valence-corrected chi connectivity index (χ2v) is 6.00. The number of aromatic nitrogens is 1. The number of nitrogen functional groups attached to an aromatic ring is 1. The van der Waals surface area contributed by atoms with Crippen LogP contribution in [0.5, 0.6) is 0 Å². The fourth-order valence-electron chi connectivity index (χ4n) is 1.85. The van der Waals surface area contributed by atoms with Crippen molar-refractivity contribution in [2.24, 2.45) is 0 Å². The number of halogens is 1. The van der Waals surface area contributed by atoms with E-state index >= 15 is 0 Å². The number of benzene rings is 1. The van der Waals surface area contributed by atoms with Crippen molar-refractivity contribution in [1.29, 1.82) is 0 Å². The second kappa shape index (κ2) is 5.27. The van der Waals surface area contributed by atoms with E-state index in [1.54, 1.807) is 24.2 Å². The van der Waals surface area contributed by atoms with Gasteiger partial charge in [0.1, 0.15) is 5.76 Å². The summed E-state index contributed by atoms with van der Waals surface area (Å²) in [6.45, 7) is 0. The second-order valence-electron chi connectivity index (χ2n) is 4.07. The molecule has 0 atom stereocenters. The molecule has 0 unspecified atom stereocenters. The highest BCUT2D eigenvalue weighted by Gasteiger charge is 2.08. The van der Waals surface area contributed by atoms with Gasteiger partial charge in [-0.15, -0.1) is 11.8 Å². The van der Waals surface area contributed by atoms with Crippen LogP contribution < -0.4 is 5.73 Å². The van der Waals surface area contributed by atoms with E-state index in [0.717, 1.165) is 37.5 Å². The molecule has 0 aliphatic rings. The van der Waals surface area contributed by atoms with Gasteiger partial charge >= 0.3 is 0 Å². The Morgan fingerprint density at radius 1 is 1.32 bits per heavy atom. The normalized spacial score (nSPS) is 11.0. The zero-order valence-electron chi connectivity index (χ0n) is 9.97. The number of rotatable bonds is 3. The highest BCUT2D eigenvalue weighted by Crippen LogP contribution is 2.33. The summed E-state index contributed by atoms with van der Waals surface area (Å²) in [5.41, 5.74) is 7.67. The molecule has 2 aromatic heterocycles. The van der Waals surface area contributed by atoms with Gasteiger partial charge in [-0.3, -0.25) is 4.98 Å². The van der Waals surface area contributed by atoms with Gasteiger partial charge in [-0.2, -0.15) is 0 Å². The maximum absolute atomic E-state index is 6.00. The number of nitrogens with two attached hydrogens (primary N) is 1. The monoisotopic (exact) mass is 334 g/mol. The first-order valence-corrected chi connectivity index (χ1v) is 7.51. The summed E-state index contributed by atoms with van der Waals surface area (Å²) in [6, 6.07) is 9.78. The van der Waals surface area contributed by atoms with E-state index in [1.807, 2.05) is 30.3 Å². The van der Waals surface area contributed by atoms with Crippen LogP contribution in [0.1, 0.15) is 5.76 Å². The maximum atomic E-state index is 6.00. The lowest BCUT2D eigenvalue weighted by Crippen LogP contribution is -1.91. The molecule has 2 heterocycles. The van der Waals surface area contributed by atoms with Crippen molar-refractivity contribution in [1.82, 2.24) is 4.98 Å². The van der Waals surface area contributed by atoms with E-state index in [4.69, 9.17) is 10.2 Å². The average Bonchev–Trinajstić information content (AvgIpc) is 2.92. The summed E-state index contributed by atoms with van der Waals surface area (Å²) in [5.74, 6) is 1.73. The van der Waals surface area contributed by atoms with Gasteiger partial charge in [0.15, 0.2) is 0 Å². The minimum absolute atomic E-state index is 0.742. The zero-order valence-corrected chi connectivity index (χ0v) is 12.4. The molecule has 1 aromatic carbocycles. The number of anilines is 1. The van der Waals surface area contributed by atoms with Crippen LogP contribution in [0, 0.1) is 0 Å². The highest BCUT2D eigenvalue weighted by atomic mass is 79.9. The smallest absolute Gasteiger partial charge is 0.113 e. The molecule has 0 saturated carbocycles. The van der Waals surface area contributed by atoms with Crippen molar-refractivity contribution in [3.8, 4) is 0 Å². The largest absolute Gasteiger partial charge is 0.468 e. The van der Waals surface area contributed by atoms with Crippen LogP contribution in [0.2, 0.25) is 0 Å². The molecule has 3 aromatic rings. The summed E-state index contributed by atoms with van der Waals surface area (Å²) >= 11 is 5.12. The SMILES string of the molecule is Nc1ccc(SCc2ccco2)c2ncc(Br)cc12. The van der Waals surface area contributed by atoms with Gasteiger partial charge in [0.25, 0.3) is 0 Å². The van der Waals surface area contributed by atoms with E-state index in [1.165, 1.54) is 0 Å². The lowest BCUT2D eigenvalue weighted by atomic mass is 10.2. The van der Waals surface area contributed by atoms with Crippen molar-refractivity contribution >= 4 is 44.3 Å². The summed E-state index contributed by atoms with van der Waals surface area (Å²) in [7, 11) is 0. The van der Waals surface area contributed by atoms with Crippen LogP contribution in [0.3, 0.4) is 0 Å². The van der Waals surface area contributed by atoms with Crippen LogP contribution in [0.15, 0.2) is 56.6 Å². The number of fused-ring (bicyclic) bond motifs is 1. The third-order valence-corrected chi connectivity index (χ3v) is 4.27. The van der Waals surface area contributed by atoms with Gasteiger partial charge in [0.2, 0.25) is 0 Å². The minimum atomic E-state index is 0.742. The van der Waals surface area contributed by atoms with Crippen molar-refractivity contribution in [2.45, 2.75) is 10.6 Å². The van der Waals surface area contributed by atoms with E-state index in [-0.39, 0.29) is 0 Å². The Hall–Kier alpha value is -1.46. The molecular weight excluding hydrogens is 324 g/mol. The summed E-state index contributed by atoms with van der Waals surface area (Å²) in [6.07, 6.45) is 3.48. The fraction of sp³-hybridized carbons (Fsp3) is 0.0714. The molecule has 0 aliphatic heterocycles. The Kier molecular flexibility index (Phi) is 3.48. The van der Waals surface area contributed by atoms with Gasteiger partial charge in [0.05, 0.1) is 17.5 Å². The number of thioether (sulfide) groups is 1. The first-order valence-electron chi connectivity index (χ1n) is 5.73. The maximum Gasteiger partial charge on any atom is 0.113 e. The van der Waals surface area contributed by atoms with Crippen molar-refractivity contribution < 1.29 is 4.42 Å². The van der Waals surface area contributed by atoms with Gasteiger partial charge in [0, 0.05) is 26.6 Å². The predicted molar refractivity (Wildman–Crippen MR) is 82.1 cm³/mol. The van der Waals surface area contributed by atoms with Crippen molar-refractivity contribution in [2.75, 3.05) is 5.73 Å². The van der Waals surface area contributed by atoms with Crippen molar-refractivity contribution in [3.05, 3.63) is 53.0 Å². The van der Waals surface area contributed by atoms with Crippen LogP contribution in [0.25, 0.3) is 10.9 Å². The first kappa shape index (κ1) is 12.6. The molecule has 0 bridgehead atoms. The molecule has 2 N–H and O–H groups in total. The van der Waals surface area contributed by atoms with Crippen LogP contribution in [-0.2, 0) is 5.75 Å². The Morgan fingerprint density at radius 2 is 2.21 bits per heavy atom. The molecule has 3 nitrogen and oxygen atoms in total. The number of hydrogen-bond donors (Lipinski definition) is 1. The molecule has 0 saturated heterocycles. The molecule has 19 heavy (non-hydrogen) atoms. The van der Waals surface area contributed by atoms with E-state index < -0.39 is 0 Å². The number of furan rings is 1. The lowest BCUT2D eigenvalue weighted by Gasteiger charge is -2.07. The Bertz CT molecular complexity index is 713. The molecule has 3 rings (SSSR count). The van der Waals surface area contributed by atoms with Gasteiger partial charge < -0.3 is 10.2 Å². The molecule has 5 heteroatoms. The Balaban J connectivity index is 1.97. The summed E-state index contributed by atoms with van der Waals surface area (Å²) < 4.78 is 6.27. The quantitative estimate of drug-likeness (QED) is 0.567. The van der Waals surface area contributed by atoms with E-state index in [2.05, 4.69) is 20.9 Å². The van der Waals surface area contributed by atoms with E-state index in [9.17, 15) is 0 Å². The molecular formula is C14H11BrN2OS. The molecule has 0 spiro atoms. The summed E-state index contributed by atoms with van der Waals surface area (Å²) in [5, 5.41) is 0.971. The predicted octanol–water partition coefficient (Wildman–Crippen LogP) is 4.46. The molecule has 0 radical (unpaired) electrons. The lowest BCUT2D eigenvalue weighted by molar-refractivity contribution is 0.530. The standard InChI is InChI=1S/C14H11BrN2OS/c15-9-6-11-12(16)3-4-13(14(11)17-7-9)19-8-10-2-1-5-18-10/h1-7H,8,16H2. The van der Waals surface area contributed by atoms with E-state index in [0.29, 0.717) is 0 Å². The molecule has 96 valence electrons. The Labute approximate surface area is 123 Å². The van der Waals surface area contributed by atoms with Crippen LogP contribution in [0.4, 0.5) is 5.69 Å². The van der Waals surface area contributed by atoms with Gasteiger partial charge in [-0.1, -0.05) is 0 Å².